The van der Waals surface area contributed by atoms with Crippen LogP contribution >= 0.6 is 0 Å². The van der Waals surface area contributed by atoms with Crippen LogP contribution in [0.25, 0.3) is 0 Å². The van der Waals surface area contributed by atoms with Crippen LogP contribution in [0.5, 0.6) is 0 Å². The van der Waals surface area contributed by atoms with E-state index in [1.165, 1.54) is 38.5 Å². The minimum Gasteiger partial charge on any atom is -0.366 e. The Bertz CT molecular complexity index is 292. The largest absolute Gasteiger partial charge is 0.366 e. The third-order valence-corrected chi connectivity index (χ3v) is 5.34. The van der Waals surface area contributed by atoms with Gasteiger partial charge in [0.05, 0.1) is 12.2 Å². The van der Waals surface area contributed by atoms with Crippen LogP contribution in [0, 0.1) is 17.3 Å². The Kier molecular flexibility index (Phi) is 1.38. The maximum Gasteiger partial charge on any atom is 0.0824 e. The van der Waals surface area contributed by atoms with E-state index in [2.05, 4.69) is 12.2 Å². The minimum absolute atomic E-state index is 0.497. The smallest absolute Gasteiger partial charge is 0.0824 e. The third-order valence-electron chi connectivity index (χ3n) is 5.34. The number of hydrogen-bond donors (Lipinski definition) is 0. The van der Waals surface area contributed by atoms with Crippen LogP contribution in [0.2, 0.25) is 0 Å². The molecular weight excluding hydrogens is 172 g/mol. The van der Waals surface area contributed by atoms with Gasteiger partial charge in [0, 0.05) is 5.41 Å². The van der Waals surface area contributed by atoms with Gasteiger partial charge in [0.25, 0.3) is 0 Å². The molecule has 0 aromatic rings. The second kappa shape index (κ2) is 2.44. The lowest BCUT2D eigenvalue weighted by molar-refractivity contribution is 0.0635. The first-order valence-electron chi connectivity index (χ1n) is 6.22. The molecule has 4 bridgehead atoms. The molecule has 5 aliphatic rings. The van der Waals surface area contributed by atoms with Crippen LogP contribution in [0.3, 0.4) is 0 Å². The van der Waals surface area contributed by atoms with E-state index in [1.807, 2.05) is 0 Å². The van der Waals surface area contributed by atoms with Gasteiger partial charge in [0.2, 0.25) is 0 Å². The monoisotopic (exact) mass is 190 g/mol. The average molecular weight is 190 g/mol. The fourth-order valence-electron chi connectivity index (χ4n) is 4.65. The van der Waals surface area contributed by atoms with Crippen molar-refractivity contribution < 1.29 is 4.74 Å². The quantitative estimate of drug-likeness (QED) is 0.534. The predicted octanol–water partition coefficient (Wildman–Crippen LogP) is 2.91. The van der Waals surface area contributed by atoms with Crippen molar-refractivity contribution in [3.8, 4) is 0 Å². The maximum atomic E-state index is 6.08. The first-order valence-corrected chi connectivity index (χ1v) is 6.22. The molecule has 1 saturated heterocycles. The summed E-state index contributed by atoms with van der Waals surface area (Å²) in [5.74, 6) is 1.92. The molecule has 2 aliphatic heterocycles. The molecule has 0 aromatic heterocycles. The first kappa shape index (κ1) is 7.92. The van der Waals surface area contributed by atoms with Gasteiger partial charge in [-0.05, 0) is 37.5 Å². The number of ether oxygens (including phenoxy) is 1. The molecule has 1 nitrogen and oxygen atoms in total. The van der Waals surface area contributed by atoms with Gasteiger partial charge in [-0.1, -0.05) is 25.0 Å². The molecule has 2 heterocycles. The Balaban J connectivity index is 1.82. The molecule has 3 saturated carbocycles. The Morgan fingerprint density at radius 3 is 3.14 bits per heavy atom. The summed E-state index contributed by atoms with van der Waals surface area (Å²) in [6.45, 7) is 0. The molecular formula is C13H18O. The molecule has 5 atom stereocenters. The summed E-state index contributed by atoms with van der Waals surface area (Å²) in [4.78, 5) is 0. The summed E-state index contributed by atoms with van der Waals surface area (Å²) in [5.41, 5.74) is 0.590. The van der Waals surface area contributed by atoms with Crippen LogP contribution in [0.1, 0.15) is 38.5 Å². The molecule has 2 unspecified atom stereocenters. The highest BCUT2D eigenvalue weighted by Crippen LogP contribution is 2.61. The number of rotatable bonds is 0. The van der Waals surface area contributed by atoms with Gasteiger partial charge in [-0.2, -0.15) is 0 Å². The van der Waals surface area contributed by atoms with E-state index in [0.717, 1.165) is 11.8 Å². The summed E-state index contributed by atoms with van der Waals surface area (Å²) in [5, 5.41) is 0. The summed E-state index contributed by atoms with van der Waals surface area (Å²) in [6.07, 6.45) is 14.5. The topological polar surface area (TPSA) is 9.23 Å². The van der Waals surface area contributed by atoms with Crippen molar-refractivity contribution in [2.45, 2.75) is 50.7 Å². The molecule has 1 heteroatoms. The van der Waals surface area contributed by atoms with Gasteiger partial charge in [-0.3, -0.25) is 0 Å². The lowest BCUT2D eigenvalue weighted by Gasteiger charge is -2.43. The zero-order chi connectivity index (χ0) is 9.17. The second-order valence-corrected chi connectivity index (χ2v) is 5.78. The van der Waals surface area contributed by atoms with Crippen molar-refractivity contribution in [1.82, 2.24) is 0 Å². The standard InChI is InChI=1S/C13H18O/c1-2-9-5-7-13(6-1)10(8-9)11-3-4-12(13)14-11/h3-4,9-12H,1-2,5-8H2/t9?,10-,11+,12-,13?/m1/s1. The summed E-state index contributed by atoms with van der Waals surface area (Å²) >= 11 is 0. The molecule has 0 amide bonds. The van der Waals surface area contributed by atoms with Crippen LogP contribution in [-0.4, -0.2) is 12.2 Å². The van der Waals surface area contributed by atoms with Crippen molar-refractivity contribution in [2.24, 2.45) is 17.3 Å². The molecule has 76 valence electrons. The van der Waals surface area contributed by atoms with E-state index in [-0.39, 0.29) is 0 Å². The molecule has 1 spiro atoms. The van der Waals surface area contributed by atoms with E-state index in [9.17, 15) is 0 Å². The molecule has 0 radical (unpaired) electrons. The second-order valence-electron chi connectivity index (χ2n) is 5.78. The lowest BCUT2D eigenvalue weighted by atomic mass is 9.59. The van der Waals surface area contributed by atoms with Crippen LogP contribution in [-0.2, 0) is 4.74 Å². The predicted molar refractivity (Wildman–Crippen MR) is 54.9 cm³/mol. The summed E-state index contributed by atoms with van der Waals surface area (Å²) in [6, 6.07) is 0. The Morgan fingerprint density at radius 1 is 1.14 bits per heavy atom. The van der Waals surface area contributed by atoms with E-state index in [0.29, 0.717) is 17.6 Å². The molecule has 4 fully saturated rings. The van der Waals surface area contributed by atoms with Gasteiger partial charge in [0.1, 0.15) is 0 Å². The van der Waals surface area contributed by atoms with Gasteiger partial charge in [-0.25, -0.2) is 0 Å². The van der Waals surface area contributed by atoms with Gasteiger partial charge >= 0.3 is 0 Å². The SMILES string of the molecule is C1=C[C@H]2O[C@@H]1[C@H]1CC3CCCC12CC3. The van der Waals surface area contributed by atoms with Crippen molar-refractivity contribution in [2.75, 3.05) is 0 Å². The Labute approximate surface area is 85.5 Å². The highest BCUT2D eigenvalue weighted by Gasteiger charge is 2.59. The number of fused-ring (bicyclic) bond motifs is 5. The lowest BCUT2D eigenvalue weighted by Crippen LogP contribution is -2.40. The minimum atomic E-state index is 0.497. The van der Waals surface area contributed by atoms with E-state index in [4.69, 9.17) is 4.74 Å². The summed E-state index contributed by atoms with van der Waals surface area (Å²) < 4.78 is 6.08. The summed E-state index contributed by atoms with van der Waals surface area (Å²) in [7, 11) is 0. The fourth-order valence-corrected chi connectivity index (χ4v) is 4.65. The highest BCUT2D eigenvalue weighted by atomic mass is 16.5. The van der Waals surface area contributed by atoms with Crippen LogP contribution in [0.15, 0.2) is 12.2 Å². The maximum absolute atomic E-state index is 6.08. The van der Waals surface area contributed by atoms with Crippen molar-refractivity contribution >= 4 is 0 Å². The van der Waals surface area contributed by atoms with E-state index >= 15 is 0 Å². The number of hydrogen-bond acceptors (Lipinski definition) is 1. The first-order chi connectivity index (χ1) is 6.88. The van der Waals surface area contributed by atoms with Crippen molar-refractivity contribution in [3.05, 3.63) is 12.2 Å². The molecule has 0 N–H and O–H groups in total. The van der Waals surface area contributed by atoms with E-state index < -0.39 is 0 Å². The van der Waals surface area contributed by atoms with Crippen LogP contribution in [0.4, 0.5) is 0 Å². The van der Waals surface area contributed by atoms with Crippen LogP contribution < -0.4 is 0 Å². The van der Waals surface area contributed by atoms with Crippen molar-refractivity contribution in [1.29, 1.82) is 0 Å². The molecule has 3 aliphatic carbocycles. The molecule has 0 aromatic carbocycles. The molecule has 14 heavy (non-hydrogen) atoms. The van der Waals surface area contributed by atoms with Gasteiger partial charge < -0.3 is 4.74 Å². The Hall–Kier alpha value is -0.300. The molecule has 5 rings (SSSR count). The normalized spacial score (nSPS) is 58.9. The van der Waals surface area contributed by atoms with E-state index in [1.54, 1.807) is 0 Å². The highest BCUT2D eigenvalue weighted by molar-refractivity contribution is 5.22. The Morgan fingerprint density at radius 2 is 2.14 bits per heavy atom. The van der Waals surface area contributed by atoms with Gasteiger partial charge in [0.15, 0.2) is 0 Å². The zero-order valence-corrected chi connectivity index (χ0v) is 8.61. The fraction of sp³-hybridized carbons (Fsp3) is 0.846. The third kappa shape index (κ3) is 0.770. The van der Waals surface area contributed by atoms with Crippen molar-refractivity contribution in [3.63, 3.8) is 0 Å². The van der Waals surface area contributed by atoms with Gasteiger partial charge in [-0.15, -0.1) is 0 Å². The average Bonchev–Trinajstić information content (AvgIpc) is 2.67. The zero-order valence-electron chi connectivity index (χ0n) is 8.61.